The van der Waals surface area contributed by atoms with Crippen LogP contribution in [0, 0.1) is 6.92 Å². The van der Waals surface area contributed by atoms with Crippen molar-refractivity contribution in [3.05, 3.63) is 16.1 Å². The smallest absolute Gasteiger partial charge is 0.157 e. The summed E-state index contributed by atoms with van der Waals surface area (Å²) in [5.74, 6) is 0.0520. The van der Waals surface area contributed by atoms with Crippen molar-refractivity contribution >= 4 is 17.1 Å². The molecule has 0 saturated heterocycles. The number of aromatic nitrogens is 1. The summed E-state index contributed by atoms with van der Waals surface area (Å²) in [5, 5.41) is 0.984. The predicted molar refractivity (Wildman–Crippen MR) is 53.8 cm³/mol. The van der Waals surface area contributed by atoms with Gasteiger partial charge in [-0.1, -0.05) is 0 Å². The van der Waals surface area contributed by atoms with Crippen molar-refractivity contribution in [2.75, 3.05) is 0 Å². The molecule has 0 aromatic carbocycles. The van der Waals surface area contributed by atoms with Gasteiger partial charge in [0.05, 0.1) is 10.5 Å². The van der Waals surface area contributed by atoms with Crippen molar-refractivity contribution < 1.29 is 4.79 Å². The summed E-state index contributed by atoms with van der Waals surface area (Å²) in [7, 11) is 0. The van der Waals surface area contributed by atoms with E-state index in [0.717, 1.165) is 9.88 Å². The molecule has 0 aliphatic carbocycles. The Labute approximate surface area is 82.0 Å². The van der Waals surface area contributed by atoms with E-state index < -0.39 is 5.54 Å². The van der Waals surface area contributed by atoms with E-state index in [2.05, 4.69) is 4.98 Å². The fraction of sp³-hybridized carbons (Fsp3) is 0.556. The minimum atomic E-state index is -0.738. The fourth-order valence-corrected chi connectivity index (χ4v) is 1.67. The molecule has 0 fully saturated rings. The Morgan fingerprint density at radius 1 is 1.69 bits per heavy atom. The first kappa shape index (κ1) is 10.3. The molecule has 1 aromatic rings. The second-order valence-corrected chi connectivity index (χ2v) is 4.99. The molecule has 0 spiro atoms. The Bertz CT molecular complexity index is 312. The molecule has 0 aliphatic rings. The first-order valence-electron chi connectivity index (χ1n) is 4.13. The second-order valence-electron chi connectivity index (χ2n) is 3.67. The van der Waals surface area contributed by atoms with Gasteiger partial charge in [0.25, 0.3) is 0 Å². The van der Waals surface area contributed by atoms with Crippen molar-refractivity contribution in [3.63, 3.8) is 0 Å². The van der Waals surface area contributed by atoms with Crippen LogP contribution in [-0.4, -0.2) is 16.3 Å². The first-order chi connectivity index (χ1) is 5.89. The van der Waals surface area contributed by atoms with E-state index in [9.17, 15) is 4.79 Å². The van der Waals surface area contributed by atoms with Gasteiger partial charge in [0, 0.05) is 17.5 Å². The van der Waals surface area contributed by atoms with Crippen LogP contribution in [0.3, 0.4) is 0 Å². The number of hydrogen-bond acceptors (Lipinski definition) is 4. The number of rotatable bonds is 3. The number of nitrogens with two attached hydrogens (primary N) is 1. The predicted octanol–water partition coefficient (Wildman–Crippen LogP) is 1.30. The van der Waals surface area contributed by atoms with Crippen molar-refractivity contribution in [1.82, 2.24) is 4.98 Å². The van der Waals surface area contributed by atoms with Crippen LogP contribution in [0.5, 0.6) is 0 Å². The van der Waals surface area contributed by atoms with Gasteiger partial charge in [0.1, 0.15) is 0 Å². The van der Waals surface area contributed by atoms with Gasteiger partial charge in [-0.2, -0.15) is 0 Å². The second kappa shape index (κ2) is 3.55. The Hall–Kier alpha value is -0.740. The van der Waals surface area contributed by atoms with Crippen LogP contribution < -0.4 is 5.73 Å². The SMILES string of the molecule is Cc1ncc(CC(=O)C(C)(C)N)s1. The van der Waals surface area contributed by atoms with Crippen LogP contribution >= 0.6 is 11.3 Å². The Kier molecular flexibility index (Phi) is 2.83. The molecule has 72 valence electrons. The average molecular weight is 198 g/mol. The molecule has 1 heterocycles. The van der Waals surface area contributed by atoms with Crippen molar-refractivity contribution in [2.45, 2.75) is 32.7 Å². The van der Waals surface area contributed by atoms with E-state index in [1.165, 1.54) is 0 Å². The lowest BCUT2D eigenvalue weighted by Gasteiger charge is -2.15. The molecule has 1 rings (SSSR count). The van der Waals surface area contributed by atoms with E-state index in [1.807, 2.05) is 6.92 Å². The summed E-state index contributed by atoms with van der Waals surface area (Å²) < 4.78 is 0. The number of ketones is 1. The summed E-state index contributed by atoms with van der Waals surface area (Å²) in [6.07, 6.45) is 2.14. The van der Waals surface area contributed by atoms with E-state index in [0.29, 0.717) is 6.42 Å². The molecule has 0 aliphatic heterocycles. The number of carbonyl (C=O) groups excluding carboxylic acids is 1. The molecular formula is C9H14N2OS. The molecule has 0 amide bonds. The zero-order chi connectivity index (χ0) is 10.1. The highest BCUT2D eigenvalue weighted by Crippen LogP contribution is 2.14. The quantitative estimate of drug-likeness (QED) is 0.796. The maximum Gasteiger partial charge on any atom is 0.157 e. The van der Waals surface area contributed by atoms with Crippen LogP contribution in [0.4, 0.5) is 0 Å². The van der Waals surface area contributed by atoms with E-state index in [1.54, 1.807) is 31.4 Å². The van der Waals surface area contributed by atoms with E-state index >= 15 is 0 Å². The lowest BCUT2D eigenvalue weighted by atomic mass is 9.98. The standard InChI is InChI=1S/C9H14N2OS/c1-6-11-5-7(13-6)4-8(12)9(2,3)10/h5H,4,10H2,1-3H3. The van der Waals surface area contributed by atoms with Crippen molar-refractivity contribution in [3.8, 4) is 0 Å². The number of carbonyl (C=O) groups is 1. The van der Waals surface area contributed by atoms with Gasteiger partial charge < -0.3 is 5.73 Å². The zero-order valence-corrected chi connectivity index (χ0v) is 8.94. The van der Waals surface area contributed by atoms with Crippen LogP contribution in [0.25, 0.3) is 0 Å². The lowest BCUT2D eigenvalue weighted by Crippen LogP contribution is -2.42. The van der Waals surface area contributed by atoms with Crippen LogP contribution in [0.2, 0.25) is 0 Å². The highest BCUT2D eigenvalue weighted by atomic mass is 32.1. The topological polar surface area (TPSA) is 56.0 Å². The number of aryl methyl sites for hydroxylation is 1. The Morgan fingerprint density at radius 3 is 2.69 bits per heavy atom. The average Bonchev–Trinajstić information content (AvgIpc) is 2.33. The fourth-order valence-electron chi connectivity index (χ4n) is 0.873. The van der Waals surface area contributed by atoms with Gasteiger partial charge in [-0.15, -0.1) is 11.3 Å². The number of thiazole rings is 1. The molecule has 0 radical (unpaired) electrons. The highest BCUT2D eigenvalue weighted by molar-refractivity contribution is 7.11. The number of Topliss-reactive ketones (excluding diaryl/α,β-unsaturated/α-hetero) is 1. The highest BCUT2D eigenvalue weighted by Gasteiger charge is 2.22. The van der Waals surface area contributed by atoms with Crippen LogP contribution in [-0.2, 0) is 11.2 Å². The molecule has 0 atom stereocenters. The summed E-state index contributed by atoms with van der Waals surface area (Å²) >= 11 is 1.54. The van der Waals surface area contributed by atoms with Gasteiger partial charge >= 0.3 is 0 Å². The van der Waals surface area contributed by atoms with Crippen LogP contribution in [0.1, 0.15) is 23.7 Å². The first-order valence-corrected chi connectivity index (χ1v) is 4.95. The maximum atomic E-state index is 11.5. The largest absolute Gasteiger partial charge is 0.319 e. The summed E-state index contributed by atoms with van der Waals surface area (Å²) in [6, 6.07) is 0. The molecule has 0 saturated carbocycles. The maximum absolute atomic E-state index is 11.5. The van der Waals surface area contributed by atoms with Crippen molar-refractivity contribution in [2.24, 2.45) is 5.73 Å². The van der Waals surface area contributed by atoms with Gasteiger partial charge in [0.2, 0.25) is 0 Å². The Morgan fingerprint density at radius 2 is 2.31 bits per heavy atom. The van der Waals surface area contributed by atoms with Gasteiger partial charge in [-0.25, -0.2) is 4.98 Å². The molecular weight excluding hydrogens is 184 g/mol. The van der Waals surface area contributed by atoms with Gasteiger partial charge in [-0.05, 0) is 20.8 Å². The third kappa shape index (κ3) is 2.90. The monoisotopic (exact) mass is 198 g/mol. The third-order valence-electron chi connectivity index (χ3n) is 1.72. The van der Waals surface area contributed by atoms with Crippen molar-refractivity contribution in [1.29, 1.82) is 0 Å². The molecule has 3 nitrogen and oxygen atoms in total. The van der Waals surface area contributed by atoms with Gasteiger partial charge in [0.15, 0.2) is 5.78 Å². The molecule has 1 aromatic heterocycles. The number of hydrogen-bond donors (Lipinski definition) is 1. The Balaban J connectivity index is 2.65. The van der Waals surface area contributed by atoms with E-state index in [4.69, 9.17) is 5.73 Å². The normalized spacial score (nSPS) is 11.7. The van der Waals surface area contributed by atoms with E-state index in [-0.39, 0.29) is 5.78 Å². The van der Waals surface area contributed by atoms with Gasteiger partial charge in [-0.3, -0.25) is 4.79 Å². The zero-order valence-electron chi connectivity index (χ0n) is 8.13. The molecule has 13 heavy (non-hydrogen) atoms. The van der Waals surface area contributed by atoms with Crippen LogP contribution in [0.15, 0.2) is 6.20 Å². The minimum Gasteiger partial charge on any atom is -0.319 e. The number of nitrogens with zero attached hydrogens (tertiary/aromatic N) is 1. The summed E-state index contributed by atoms with van der Waals surface area (Å²) in [5.41, 5.74) is 4.93. The molecule has 0 unspecified atom stereocenters. The molecule has 4 heteroatoms. The minimum absolute atomic E-state index is 0.0520. The lowest BCUT2D eigenvalue weighted by molar-refractivity contribution is -0.122. The third-order valence-corrected chi connectivity index (χ3v) is 2.64. The summed E-state index contributed by atoms with van der Waals surface area (Å²) in [6.45, 7) is 5.37. The molecule has 0 bridgehead atoms. The summed E-state index contributed by atoms with van der Waals surface area (Å²) in [4.78, 5) is 16.6. The molecule has 2 N–H and O–H groups in total.